The molecule has 1 aliphatic heterocycles. The zero-order chi connectivity index (χ0) is 16.2. The molecule has 2 amide bonds. The smallest absolute Gasteiger partial charge is 0.317 e. The predicted molar refractivity (Wildman–Crippen MR) is 87.2 cm³/mol. The van der Waals surface area contributed by atoms with Crippen molar-refractivity contribution >= 4 is 16.1 Å². The largest absolute Gasteiger partial charge is 0.335 e. The number of rotatable bonds is 3. The van der Waals surface area contributed by atoms with Crippen LogP contribution in [0.3, 0.4) is 0 Å². The quantitative estimate of drug-likeness (QED) is 0.801. The highest BCUT2D eigenvalue weighted by atomic mass is 32.2. The molecule has 1 saturated heterocycles. The number of hydrogen-bond donors (Lipinski definition) is 1. The first-order valence-corrected chi connectivity index (χ1v) is 10.2. The Labute approximate surface area is 134 Å². The third kappa shape index (κ3) is 4.84. The highest BCUT2D eigenvalue weighted by molar-refractivity contribution is 7.88. The highest BCUT2D eigenvalue weighted by Crippen LogP contribution is 2.21. The van der Waals surface area contributed by atoms with Crippen LogP contribution in [0.4, 0.5) is 4.79 Å². The number of amides is 2. The van der Waals surface area contributed by atoms with Crippen LogP contribution < -0.4 is 5.32 Å². The first-order chi connectivity index (χ1) is 10.4. The van der Waals surface area contributed by atoms with Gasteiger partial charge in [0.1, 0.15) is 0 Å². The van der Waals surface area contributed by atoms with E-state index in [4.69, 9.17) is 0 Å². The minimum absolute atomic E-state index is 0.00953. The fraction of sp³-hybridized carbons (Fsp3) is 0.933. The summed E-state index contributed by atoms with van der Waals surface area (Å²) >= 11 is 0. The summed E-state index contributed by atoms with van der Waals surface area (Å²) in [5.41, 5.74) is 0. The van der Waals surface area contributed by atoms with Crippen LogP contribution in [0.2, 0.25) is 0 Å². The van der Waals surface area contributed by atoms with E-state index in [0.29, 0.717) is 32.0 Å². The monoisotopic (exact) mass is 331 g/mol. The first-order valence-electron chi connectivity index (χ1n) is 8.36. The summed E-state index contributed by atoms with van der Waals surface area (Å²) in [5.74, 6) is 0. The van der Waals surface area contributed by atoms with Crippen molar-refractivity contribution in [1.29, 1.82) is 0 Å². The lowest BCUT2D eigenvalue weighted by Crippen LogP contribution is -2.51. The summed E-state index contributed by atoms with van der Waals surface area (Å²) < 4.78 is 24.5. The molecule has 2 aliphatic rings. The molecule has 1 heterocycles. The number of hydrogen-bond acceptors (Lipinski definition) is 3. The fourth-order valence-corrected chi connectivity index (χ4v) is 4.29. The van der Waals surface area contributed by atoms with Gasteiger partial charge in [-0.3, -0.25) is 0 Å². The molecule has 1 aliphatic carbocycles. The molecule has 0 unspecified atom stereocenters. The van der Waals surface area contributed by atoms with Crippen LogP contribution in [-0.2, 0) is 10.0 Å². The van der Waals surface area contributed by atoms with Gasteiger partial charge in [-0.2, -0.15) is 0 Å². The molecule has 0 aromatic carbocycles. The lowest BCUT2D eigenvalue weighted by atomic mass is 10.1. The summed E-state index contributed by atoms with van der Waals surface area (Å²) in [6.45, 7) is 0.994. The van der Waals surface area contributed by atoms with Crippen LogP contribution in [0.15, 0.2) is 0 Å². The molecule has 0 bridgehead atoms. The maximum absolute atomic E-state index is 12.4. The summed E-state index contributed by atoms with van der Waals surface area (Å²) in [7, 11) is -1.22. The Balaban J connectivity index is 1.79. The summed E-state index contributed by atoms with van der Waals surface area (Å²) in [4.78, 5) is 14.2. The molecular weight excluding hydrogens is 302 g/mol. The molecule has 6 nitrogen and oxygen atoms in total. The van der Waals surface area contributed by atoms with Crippen LogP contribution in [0.1, 0.15) is 51.4 Å². The van der Waals surface area contributed by atoms with Crippen LogP contribution in [0.5, 0.6) is 0 Å². The Morgan fingerprint density at radius 2 is 1.59 bits per heavy atom. The van der Waals surface area contributed by atoms with Crippen LogP contribution in [0, 0.1) is 0 Å². The van der Waals surface area contributed by atoms with Crippen molar-refractivity contribution in [1.82, 2.24) is 14.5 Å². The van der Waals surface area contributed by atoms with E-state index < -0.39 is 10.0 Å². The van der Waals surface area contributed by atoms with Gasteiger partial charge in [-0.15, -0.1) is 0 Å². The Bertz CT molecular complexity index is 464. The number of urea groups is 1. The summed E-state index contributed by atoms with van der Waals surface area (Å²) in [6, 6.07) is 0.419. The Morgan fingerprint density at radius 1 is 1.05 bits per heavy atom. The summed E-state index contributed by atoms with van der Waals surface area (Å²) in [5, 5.41) is 3.07. The van der Waals surface area contributed by atoms with Crippen LogP contribution >= 0.6 is 0 Å². The Kier molecular flexibility index (Phi) is 6.09. The van der Waals surface area contributed by atoms with Crippen molar-refractivity contribution in [3.8, 4) is 0 Å². The van der Waals surface area contributed by atoms with Crippen LogP contribution in [-0.4, -0.2) is 62.1 Å². The number of carbonyl (C=O) groups is 1. The van der Waals surface area contributed by atoms with Crippen molar-refractivity contribution in [2.24, 2.45) is 0 Å². The molecule has 0 atom stereocenters. The van der Waals surface area contributed by atoms with E-state index >= 15 is 0 Å². The number of nitrogens with zero attached hydrogens (tertiary/aromatic N) is 2. The lowest BCUT2D eigenvalue weighted by Gasteiger charge is -2.33. The van der Waals surface area contributed by atoms with Crippen molar-refractivity contribution < 1.29 is 13.2 Å². The van der Waals surface area contributed by atoms with Gasteiger partial charge >= 0.3 is 6.03 Å². The van der Waals surface area contributed by atoms with E-state index in [1.54, 1.807) is 0 Å². The molecule has 1 N–H and O–H groups in total. The average Bonchev–Trinajstić information content (AvgIpc) is 2.75. The molecule has 0 radical (unpaired) electrons. The number of sulfonamides is 1. The van der Waals surface area contributed by atoms with Gasteiger partial charge < -0.3 is 10.2 Å². The molecule has 0 spiro atoms. The number of carbonyl (C=O) groups excluding carboxylic acids is 1. The van der Waals surface area contributed by atoms with Crippen LogP contribution in [0.25, 0.3) is 0 Å². The Morgan fingerprint density at radius 3 is 2.09 bits per heavy atom. The summed E-state index contributed by atoms with van der Waals surface area (Å²) in [6.07, 6.45) is 9.77. The molecule has 22 heavy (non-hydrogen) atoms. The predicted octanol–water partition coefficient (Wildman–Crippen LogP) is 1.77. The van der Waals surface area contributed by atoms with E-state index in [1.165, 1.54) is 36.2 Å². The molecule has 2 fully saturated rings. The molecule has 2 rings (SSSR count). The zero-order valence-corrected chi connectivity index (χ0v) is 14.6. The fourth-order valence-electron chi connectivity index (χ4n) is 3.42. The average molecular weight is 331 g/mol. The molecule has 0 aromatic rings. The van der Waals surface area contributed by atoms with Gasteiger partial charge in [0.25, 0.3) is 0 Å². The first kappa shape index (κ1) is 17.5. The molecule has 128 valence electrons. The van der Waals surface area contributed by atoms with E-state index in [-0.39, 0.29) is 12.1 Å². The maximum atomic E-state index is 12.4. The Hall–Kier alpha value is -0.820. The lowest BCUT2D eigenvalue weighted by molar-refractivity contribution is 0.174. The van der Waals surface area contributed by atoms with Gasteiger partial charge in [-0.05, 0) is 25.7 Å². The molecule has 7 heteroatoms. The molecular formula is C15H29N3O3S. The van der Waals surface area contributed by atoms with Crippen molar-refractivity contribution in [2.45, 2.75) is 63.5 Å². The number of nitrogens with one attached hydrogen (secondary N) is 1. The standard InChI is InChI=1S/C15H29N3O3S/c1-17(14-7-5-3-4-6-8-14)15(19)16-13-9-11-18(12-10-13)22(2,20)21/h13-14H,3-12H2,1-2H3,(H,16,19). The van der Waals surface area contributed by atoms with E-state index in [0.717, 1.165) is 12.8 Å². The molecule has 1 saturated carbocycles. The second-order valence-electron chi connectivity index (χ2n) is 6.64. The second-order valence-corrected chi connectivity index (χ2v) is 8.62. The van der Waals surface area contributed by atoms with Gasteiger partial charge in [0.05, 0.1) is 6.26 Å². The van der Waals surface area contributed by atoms with E-state index in [9.17, 15) is 13.2 Å². The van der Waals surface area contributed by atoms with Gasteiger partial charge in [0.15, 0.2) is 0 Å². The molecule has 0 aromatic heterocycles. The normalized spacial score (nSPS) is 23.0. The second kappa shape index (κ2) is 7.64. The third-order valence-corrected chi connectivity index (χ3v) is 6.25. The third-order valence-electron chi connectivity index (χ3n) is 4.94. The van der Waals surface area contributed by atoms with E-state index in [1.807, 2.05) is 11.9 Å². The highest BCUT2D eigenvalue weighted by Gasteiger charge is 2.28. The number of piperidine rings is 1. The van der Waals surface area contributed by atoms with Crippen molar-refractivity contribution in [3.05, 3.63) is 0 Å². The zero-order valence-electron chi connectivity index (χ0n) is 13.8. The van der Waals surface area contributed by atoms with Crippen molar-refractivity contribution in [2.75, 3.05) is 26.4 Å². The van der Waals surface area contributed by atoms with Gasteiger partial charge in [0, 0.05) is 32.2 Å². The maximum Gasteiger partial charge on any atom is 0.317 e. The van der Waals surface area contributed by atoms with Gasteiger partial charge in [-0.25, -0.2) is 17.5 Å². The minimum Gasteiger partial charge on any atom is -0.335 e. The minimum atomic E-state index is -3.11. The van der Waals surface area contributed by atoms with Crippen molar-refractivity contribution in [3.63, 3.8) is 0 Å². The SMILES string of the molecule is CN(C(=O)NC1CCN(S(C)(=O)=O)CC1)C1CCCCCC1. The van der Waals surface area contributed by atoms with Gasteiger partial charge in [0.2, 0.25) is 10.0 Å². The van der Waals surface area contributed by atoms with Gasteiger partial charge in [-0.1, -0.05) is 25.7 Å². The topological polar surface area (TPSA) is 69.7 Å². The van der Waals surface area contributed by atoms with E-state index in [2.05, 4.69) is 5.32 Å².